The number of nitrogens with one attached hydrogen (secondary N) is 2. The Balaban J connectivity index is 1.75. The lowest BCUT2D eigenvalue weighted by molar-refractivity contribution is -0.133. The van der Waals surface area contributed by atoms with E-state index in [1.807, 2.05) is 26.2 Å². The summed E-state index contributed by atoms with van der Waals surface area (Å²) in [7, 11) is 5.46. The Hall–Kier alpha value is -2.28. The molecule has 1 amide bonds. The zero-order chi connectivity index (χ0) is 22.8. The molecule has 1 aromatic carbocycles. The van der Waals surface area contributed by atoms with E-state index in [0.717, 1.165) is 57.2 Å². The minimum absolute atomic E-state index is 0.0416. The molecular weight excluding hydrogens is 390 g/mol. The van der Waals surface area contributed by atoms with Gasteiger partial charge in [0.2, 0.25) is 5.91 Å². The topological polar surface area (TPSA) is 69.2 Å². The van der Waals surface area contributed by atoms with Gasteiger partial charge in [-0.05, 0) is 56.3 Å². The third-order valence-electron chi connectivity index (χ3n) is 5.54. The fourth-order valence-electron chi connectivity index (χ4n) is 3.76. The summed E-state index contributed by atoms with van der Waals surface area (Å²) in [5.74, 6) is 2.42. The number of benzene rings is 1. The molecule has 1 heterocycles. The smallest absolute Gasteiger partial charge is 0.239 e. The molecule has 0 radical (unpaired) electrons. The van der Waals surface area contributed by atoms with Gasteiger partial charge in [0, 0.05) is 34.2 Å². The van der Waals surface area contributed by atoms with E-state index in [1.54, 1.807) is 11.9 Å². The van der Waals surface area contributed by atoms with Gasteiger partial charge in [-0.15, -0.1) is 0 Å². The predicted octanol–water partition coefficient (Wildman–Crippen LogP) is 2.89. The van der Waals surface area contributed by atoms with Crippen LogP contribution in [0.4, 0.5) is 0 Å². The minimum Gasteiger partial charge on any atom is -0.493 e. The summed E-state index contributed by atoms with van der Waals surface area (Å²) in [6.07, 6.45) is 3.03. The molecule has 2 atom stereocenters. The number of rotatable bonds is 10. The first-order valence-electron chi connectivity index (χ1n) is 11.5. The van der Waals surface area contributed by atoms with Crippen LogP contribution >= 0.6 is 0 Å². The van der Waals surface area contributed by atoms with Gasteiger partial charge in [0.1, 0.15) is 5.75 Å². The average molecular weight is 432 g/mol. The summed E-state index contributed by atoms with van der Waals surface area (Å²) < 4.78 is 5.76. The summed E-state index contributed by atoms with van der Waals surface area (Å²) >= 11 is 0. The fraction of sp³-hybridized carbons (Fsp3) is 0.667. The summed E-state index contributed by atoms with van der Waals surface area (Å²) in [5, 5.41) is 6.84. The van der Waals surface area contributed by atoms with Crippen LogP contribution in [0.15, 0.2) is 29.3 Å². The number of guanidine groups is 1. The molecule has 0 spiro atoms. The Morgan fingerprint density at radius 3 is 2.58 bits per heavy atom. The van der Waals surface area contributed by atoms with Crippen molar-refractivity contribution in [1.29, 1.82) is 0 Å². The maximum atomic E-state index is 12.3. The highest BCUT2D eigenvalue weighted by atomic mass is 16.5. The number of likely N-dealkylation sites (N-methyl/N-ethyl adjacent to an activating group) is 1. The molecule has 2 unspecified atom stereocenters. The van der Waals surface area contributed by atoms with Crippen LogP contribution in [0.5, 0.6) is 5.75 Å². The molecule has 0 bridgehead atoms. The van der Waals surface area contributed by atoms with E-state index in [0.29, 0.717) is 5.92 Å². The molecule has 0 aliphatic carbocycles. The molecule has 0 saturated carbocycles. The zero-order valence-corrected chi connectivity index (χ0v) is 20.1. The Labute approximate surface area is 188 Å². The molecular formula is C24H41N5O2. The minimum atomic E-state index is 0.0416. The van der Waals surface area contributed by atoms with Gasteiger partial charge in [0.25, 0.3) is 0 Å². The second kappa shape index (κ2) is 12.5. The van der Waals surface area contributed by atoms with E-state index in [-0.39, 0.29) is 18.0 Å². The van der Waals surface area contributed by atoms with Gasteiger partial charge in [-0.25, -0.2) is 0 Å². The van der Waals surface area contributed by atoms with Gasteiger partial charge in [0.15, 0.2) is 5.96 Å². The number of aliphatic imine (C=N–C) groups is 1. The number of carbonyl (C=O) groups excluding carboxylic acids is 1. The van der Waals surface area contributed by atoms with Crippen LogP contribution in [0, 0.1) is 5.92 Å². The van der Waals surface area contributed by atoms with Crippen molar-refractivity contribution in [3.8, 4) is 5.75 Å². The van der Waals surface area contributed by atoms with Crippen molar-refractivity contribution in [3.05, 3.63) is 29.8 Å². The first-order valence-corrected chi connectivity index (χ1v) is 11.5. The number of ether oxygens (including phenoxy) is 1. The van der Waals surface area contributed by atoms with Crippen molar-refractivity contribution in [2.75, 3.05) is 47.4 Å². The molecule has 31 heavy (non-hydrogen) atoms. The van der Waals surface area contributed by atoms with Crippen molar-refractivity contribution in [2.45, 2.75) is 52.1 Å². The number of carbonyl (C=O) groups is 1. The largest absolute Gasteiger partial charge is 0.493 e. The van der Waals surface area contributed by atoms with E-state index in [2.05, 4.69) is 53.4 Å². The quantitative estimate of drug-likeness (QED) is 0.339. The lowest BCUT2D eigenvalue weighted by Crippen LogP contribution is -2.44. The van der Waals surface area contributed by atoms with Gasteiger partial charge >= 0.3 is 0 Å². The maximum absolute atomic E-state index is 12.3. The van der Waals surface area contributed by atoms with Crippen LogP contribution in [0.25, 0.3) is 0 Å². The van der Waals surface area contributed by atoms with Crippen molar-refractivity contribution < 1.29 is 9.53 Å². The molecule has 1 fully saturated rings. The van der Waals surface area contributed by atoms with Crippen molar-refractivity contribution in [2.24, 2.45) is 10.9 Å². The van der Waals surface area contributed by atoms with Crippen LogP contribution in [-0.2, 0) is 4.79 Å². The lowest BCUT2D eigenvalue weighted by Gasteiger charge is -2.26. The second-order valence-corrected chi connectivity index (χ2v) is 8.92. The number of amides is 1. The van der Waals surface area contributed by atoms with Gasteiger partial charge in [-0.1, -0.05) is 26.0 Å². The van der Waals surface area contributed by atoms with E-state index in [1.165, 1.54) is 5.56 Å². The Morgan fingerprint density at radius 1 is 1.26 bits per heavy atom. The van der Waals surface area contributed by atoms with Crippen molar-refractivity contribution in [1.82, 2.24) is 20.4 Å². The Kier molecular flexibility index (Phi) is 10.1. The van der Waals surface area contributed by atoms with E-state index in [4.69, 9.17) is 4.74 Å². The van der Waals surface area contributed by atoms with Crippen LogP contribution in [0.3, 0.4) is 0 Å². The first kappa shape index (κ1) is 25.0. The molecule has 1 aliphatic rings. The van der Waals surface area contributed by atoms with Gasteiger partial charge in [-0.3, -0.25) is 14.7 Å². The summed E-state index contributed by atoms with van der Waals surface area (Å²) in [5.41, 5.74) is 1.18. The van der Waals surface area contributed by atoms with Gasteiger partial charge in [0.05, 0.1) is 18.7 Å². The van der Waals surface area contributed by atoms with Crippen LogP contribution < -0.4 is 15.4 Å². The highest BCUT2D eigenvalue weighted by molar-refractivity contribution is 5.81. The maximum Gasteiger partial charge on any atom is 0.239 e. The summed E-state index contributed by atoms with van der Waals surface area (Å²) in [4.78, 5) is 20.7. The molecule has 0 aromatic heterocycles. The van der Waals surface area contributed by atoms with Gasteiger partial charge in [-0.2, -0.15) is 0 Å². The summed E-state index contributed by atoms with van der Waals surface area (Å²) in [6.45, 7) is 9.88. The SMILES string of the molecule is CN=C(NCCCN1CCCC1C(=O)N(C)C)NC(C)c1ccc(OCC(C)C)cc1. The summed E-state index contributed by atoms with van der Waals surface area (Å²) in [6, 6.07) is 8.40. The third-order valence-corrected chi connectivity index (χ3v) is 5.54. The molecule has 174 valence electrons. The number of hydrogen-bond acceptors (Lipinski definition) is 4. The molecule has 2 N–H and O–H groups in total. The number of hydrogen-bond donors (Lipinski definition) is 2. The van der Waals surface area contributed by atoms with Crippen LogP contribution in [0.2, 0.25) is 0 Å². The van der Waals surface area contributed by atoms with E-state index in [9.17, 15) is 4.79 Å². The van der Waals surface area contributed by atoms with Crippen LogP contribution in [-0.4, -0.2) is 75.1 Å². The molecule has 1 aromatic rings. The Bertz CT molecular complexity index is 702. The molecule has 2 rings (SSSR count). The predicted molar refractivity (Wildman–Crippen MR) is 128 cm³/mol. The van der Waals surface area contributed by atoms with E-state index < -0.39 is 0 Å². The molecule has 1 aliphatic heterocycles. The third kappa shape index (κ3) is 8.05. The standard InChI is InChI=1S/C24H41N5O2/c1-18(2)17-31-21-12-10-20(11-13-21)19(3)27-24(25-4)26-14-8-16-29-15-7-9-22(29)23(30)28(5)6/h10-13,18-19,22H,7-9,14-17H2,1-6H3,(H2,25,26,27). The normalized spacial score (nSPS) is 18.2. The molecule has 7 nitrogen and oxygen atoms in total. The van der Waals surface area contributed by atoms with E-state index >= 15 is 0 Å². The first-order chi connectivity index (χ1) is 14.8. The number of nitrogens with zero attached hydrogens (tertiary/aromatic N) is 3. The zero-order valence-electron chi connectivity index (χ0n) is 20.1. The Morgan fingerprint density at radius 2 is 1.97 bits per heavy atom. The van der Waals surface area contributed by atoms with Crippen molar-refractivity contribution >= 4 is 11.9 Å². The number of likely N-dealkylation sites (tertiary alicyclic amines) is 1. The van der Waals surface area contributed by atoms with Crippen molar-refractivity contribution in [3.63, 3.8) is 0 Å². The second-order valence-electron chi connectivity index (χ2n) is 8.92. The highest BCUT2D eigenvalue weighted by Gasteiger charge is 2.30. The monoisotopic (exact) mass is 431 g/mol. The lowest BCUT2D eigenvalue weighted by atomic mass is 10.1. The van der Waals surface area contributed by atoms with Crippen LogP contribution in [0.1, 0.15) is 51.6 Å². The van der Waals surface area contributed by atoms with Gasteiger partial charge < -0.3 is 20.3 Å². The molecule has 1 saturated heterocycles. The molecule has 7 heteroatoms. The average Bonchev–Trinajstić information content (AvgIpc) is 3.22. The fourth-order valence-corrected chi connectivity index (χ4v) is 3.76. The highest BCUT2D eigenvalue weighted by Crippen LogP contribution is 2.19.